The molecule has 0 bridgehead atoms. The van der Waals surface area contributed by atoms with Gasteiger partial charge < -0.3 is 5.11 Å². The van der Waals surface area contributed by atoms with Crippen molar-refractivity contribution in [1.82, 2.24) is 0 Å². The van der Waals surface area contributed by atoms with Crippen LogP contribution in [-0.4, -0.2) is 11.2 Å². The fourth-order valence-electron chi connectivity index (χ4n) is 2.95. The molecule has 3 rings (SSSR count). The topological polar surface area (TPSA) is 20.2 Å². The van der Waals surface area contributed by atoms with Crippen LogP contribution in [0.2, 0.25) is 0 Å². The smallest absolute Gasteiger partial charge is 0.0690 e. The largest absolute Gasteiger partial charge is 0.392 e. The summed E-state index contributed by atoms with van der Waals surface area (Å²) in [5, 5.41) is 10.4. The number of benzene rings is 1. The van der Waals surface area contributed by atoms with Crippen molar-refractivity contribution in [1.29, 1.82) is 0 Å². The summed E-state index contributed by atoms with van der Waals surface area (Å²) >= 11 is 5.49. The predicted molar refractivity (Wildman–Crippen MR) is 79.5 cm³/mol. The van der Waals surface area contributed by atoms with Gasteiger partial charge in [0.25, 0.3) is 0 Å². The fourth-order valence-corrected chi connectivity index (χ4v) is 4.87. The molecule has 2 atom stereocenters. The van der Waals surface area contributed by atoms with Gasteiger partial charge in [0.15, 0.2) is 0 Å². The van der Waals surface area contributed by atoms with E-state index in [4.69, 9.17) is 0 Å². The number of halogens is 1. The van der Waals surface area contributed by atoms with E-state index in [1.807, 2.05) is 0 Å². The highest BCUT2D eigenvalue weighted by atomic mass is 79.9. The summed E-state index contributed by atoms with van der Waals surface area (Å²) < 4.78 is 1.17. The number of aliphatic hydroxyl groups is 1. The Labute approximate surface area is 120 Å². The molecule has 0 fully saturated rings. The summed E-state index contributed by atoms with van der Waals surface area (Å²) in [6.45, 7) is 4.27. The Bertz CT molecular complexity index is 603. The second-order valence-corrected chi connectivity index (χ2v) is 7.11. The summed E-state index contributed by atoms with van der Waals surface area (Å²) in [6.07, 6.45) is 0.466. The molecule has 1 heterocycles. The molecule has 0 saturated heterocycles. The van der Waals surface area contributed by atoms with E-state index in [9.17, 15) is 5.11 Å². The molecule has 2 aromatic rings. The Morgan fingerprint density at radius 1 is 1.22 bits per heavy atom. The van der Waals surface area contributed by atoms with Gasteiger partial charge in [-0.15, -0.1) is 11.3 Å². The molecule has 0 saturated carbocycles. The molecule has 0 aliphatic heterocycles. The average Bonchev–Trinajstić information content (AvgIpc) is 2.77. The molecule has 3 heteroatoms. The fraction of sp³-hybridized carbons (Fsp3) is 0.333. The highest BCUT2D eigenvalue weighted by Gasteiger charge is 2.35. The first-order chi connectivity index (χ1) is 8.59. The Kier molecular flexibility index (Phi) is 3.08. The van der Waals surface area contributed by atoms with Crippen LogP contribution in [0, 0.1) is 13.8 Å². The van der Waals surface area contributed by atoms with E-state index in [-0.39, 0.29) is 12.0 Å². The second kappa shape index (κ2) is 4.48. The zero-order valence-electron chi connectivity index (χ0n) is 10.4. The van der Waals surface area contributed by atoms with Crippen molar-refractivity contribution in [3.05, 3.63) is 55.2 Å². The van der Waals surface area contributed by atoms with Gasteiger partial charge >= 0.3 is 0 Å². The minimum absolute atomic E-state index is 0.125. The van der Waals surface area contributed by atoms with E-state index >= 15 is 0 Å². The minimum Gasteiger partial charge on any atom is -0.392 e. The van der Waals surface area contributed by atoms with Gasteiger partial charge in [-0.25, -0.2) is 0 Å². The van der Waals surface area contributed by atoms with Crippen LogP contribution in [0.1, 0.15) is 32.4 Å². The third kappa shape index (κ3) is 1.77. The molecule has 1 aliphatic carbocycles. The van der Waals surface area contributed by atoms with E-state index in [1.165, 1.54) is 30.9 Å². The van der Waals surface area contributed by atoms with Gasteiger partial charge in [0.2, 0.25) is 0 Å². The lowest BCUT2D eigenvalue weighted by atomic mass is 9.92. The first-order valence-corrected chi connectivity index (χ1v) is 7.71. The van der Waals surface area contributed by atoms with Crippen LogP contribution in [0.25, 0.3) is 0 Å². The van der Waals surface area contributed by atoms with Gasteiger partial charge in [-0.05, 0) is 52.9 Å². The molecule has 94 valence electrons. The average molecular weight is 323 g/mol. The quantitative estimate of drug-likeness (QED) is 0.835. The van der Waals surface area contributed by atoms with Crippen molar-refractivity contribution < 1.29 is 5.11 Å². The molecule has 0 amide bonds. The van der Waals surface area contributed by atoms with Crippen LogP contribution < -0.4 is 0 Å². The summed E-state index contributed by atoms with van der Waals surface area (Å²) in [4.78, 5) is 2.60. The van der Waals surface area contributed by atoms with E-state index < -0.39 is 0 Å². The molecule has 0 spiro atoms. The van der Waals surface area contributed by atoms with Crippen LogP contribution in [0.3, 0.4) is 0 Å². The lowest BCUT2D eigenvalue weighted by molar-refractivity contribution is 0.169. The third-order valence-corrected chi connectivity index (χ3v) is 6.07. The maximum atomic E-state index is 10.4. The van der Waals surface area contributed by atoms with Crippen molar-refractivity contribution in [2.24, 2.45) is 0 Å². The van der Waals surface area contributed by atoms with E-state index in [0.29, 0.717) is 0 Å². The Morgan fingerprint density at radius 2 is 1.94 bits per heavy atom. The highest BCUT2D eigenvalue weighted by Crippen LogP contribution is 2.45. The summed E-state index contributed by atoms with van der Waals surface area (Å²) in [7, 11) is 0. The minimum atomic E-state index is -0.300. The molecule has 1 aliphatic rings. The lowest BCUT2D eigenvalue weighted by Crippen LogP contribution is -2.15. The Hall–Kier alpha value is -0.640. The SMILES string of the molecule is Cc1sc(C)c(C2c3ccccc3CC2O)c1Br. The van der Waals surface area contributed by atoms with Crippen molar-refractivity contribution >= 4 is 27.3 Å². The van der Waals surface area contributed by atoms with Crippen molar-refractivity contribution in [3.8, 4) is 0 Å². The number of aliphatic hydroxyl groups excluding tert-OH is 1. The van der Waals surface area contributed by atoms with Crippen LogP contribution in [-0.2, 0) is 6.42 Å². The van der Waals surface area contributed by atoms with Crippen LogP contribution in [0.15, 0.2) is 28.7 Å². The molecule has 18 heavy (non-hydrogen) atoms. The predicted octanol–water partition coefficient (Wildman–Crippen LogP) is 4.18. The summed E-state index contributed by atoms with van der Waals surface area (Å²) in [5.74, 6) is 0.125. The molecular weight excluding hydrogens is 308 g/mol. The van der Waals surface area contributed by atoms with E-state index in [0.717, 1.165) is 6.42 Å². The van der Waals surface area contributed by atoms with Crippen LogP contribution >= 0.6 is 27.3 Å². The molecular formula is C15H15BrOS. The van der Waals surface area contributed by atoms with Gasteiger partial charge in [0, 0.05) is 20.1 Å². The number of rotatable bonds is 1. The number of aryl methyl sites for hydroxylation is 2. The standard InChI is InChI=1S/C15H15BrOS/c1-8-13(15(16)9(2)18-8)14-11-6-4-3-5-10(11)7-12(14)17/h3-6,12,14,17H,7H2,1-2H3. The van der Waals surface area contributed by atoms with Gasteiger partial charge in [0.1, 0.15) is 0 Å². The normalized spacial score (nSPS) is 22.2. The second-order valence-electron chi connectivity index (χ2n) is 4.89. The van der Waals surface area contributed by atoms with Crippen molar-refractivity contribution in [2.45, 2.75) is 32.3 Å². The maximum absolute atomic E-state index is 10.4. The first-order valence-electron chi connectivity index (χ1n) is 6.11. The number of hydrogen-bond donors (Lipinski definition) is 1. The number of hydrogen-bond acceptors (Lipinski definition) is 2. The van der Waals surface area contributed by atoms with Crippen LogP contribution in [0.5, 0.6) is 0 Å². The Morgan fingerprint density at radius 3 is 2.61 bits per heavy atom. The van der Waals surface area contributed by atoms with Gasteiger partial charge in [0.05, 0.1) is 6.10 Å². The van der Waals surface area contributed by atoms with Gasteiger partial charge in [-0.2, -0.15) is 0 Å². The molecule has 2 unspecified atom stereocenters. The zero-order chi connectivity index (χ0) is 12.9. The summed E-state index contributed by atoms with van der Waals surface area (Å²) in [6, 6.07) is 8.39. The first kappa shape index (κ1) is 12.4. The third-order valence-electron chi connectivity index (χ3n) is 3.75. The van der Waals surface area contributed by atoms with Crippen molar-refractivity contribution in [2.75, 3.05) is 0 Å². The zero-order valence-corrected chi connectivity index (χ0v) is 12.8. The molecule has 1 aromatic heterocycles. The Balaban J connectivity index is 2.18. The van der Waals surface area contributed by atoms with Crippen molar-refractivity contribution in [3.63, 3.8) is 0 Å². The monoisotopic (exact) mass is 322 g/mol. The summed E-state index contributed by atoms with van der Waals surface area (Å²) in [5.41, 5.74) is 3.84. The number of fused-ring (bicyclic) bond motifs is 1. The molecule has 0 radical (unpaired) electrons. The van der Waals surface area contributed by atoms with Gasteiger partial charge in [-0.3, -0.25) is 0 Å². The highest BCUT2D eigenvalue weighted by molar-refractivity contribution is 9.10. The van der Waals surface area contributed by atoms with E-state index in [2.05, 4.69) is 54.0 Å². The maximum Gasteiger partial charge on any atom is 0.0690 e. The van der Waals surface area contributed by atoms with E-state index in [1.54, 1.807) is 11.3 Å². The lowest BCUT2D eigenvalue weighted by Gasteiger charge is -2.17. The molecule has 1 N–H and O–H groups in total. The van der Waals surface area contributed by atoms with Gasteiger partial charge in [-0.1, -0.05) is 24.3 Å². The molecule has 1 aromatic carbocycles. The van der Waals surface area contributed by atoms with Crippen LogP contribution in [0.4, 0.5) is 0 Å². The molecule has 1 nitrogen and oxygen atoms in total. The number of thiophene rings is 1.